The predicted molar refractivity (Wildman–Crippen MR) is 23.0 cm³/mol. The highest BCUT2D eigenvalue weighted by atomic mass is 16.8. The van der Waals surface area contributed by atoms with Crippen LogP contribution in [-0.2, 0) is 9.47 Å². The van der Waals surface area contributed by atoms with Crippen LogP contribution in [0.15, 0.2) is 0 Å². The summed E-state index contributed by atoms with van der Waals surface area (Å²) in [4.78, 5) is 10.1. The molecule has 8 heavy (non-hydrogen) atoms. The summed E-state index contributed by atoms with van der Waals surface area (Å²) in [5.41, 5.74) is 0. The number of rotatable bonds is 0. The van der Waals surface area contributed by atoms with E-state index < -0.39 is 18.5 Å². The molecule has 0 bridgehead atoms. The van der Waals surface area contributed by atoms with Gasteiger partial charge in [0.25, 0.3) is 0 Å². The van der Waals surface area contributed by atoms with E-state index in [0.29, 0.717) is 0 Å². The Balaban J connectivity index is 2.51. The third kappa shape index (κ3) is 0.742. The zero-order valence-electron chi connectivity index (χ0n) is 4.33. The maximum atomic E-state index is 10.1. The van der Waals surface area contributed by atoms with Crippen LogP contribution in [0.1, 0.15) is 6.92 Å². The lowest BCUT2D eigenvalue weighted by Crippen LogP contribution is -2.17. The number of aliphatic hydroxyl groups is 1. The fourth-order valence-electron chi connectivity index (χ4n) is 0.432. The van der Waals surface area contributed by atoms with Crippen molar-refractivity contribution in [3.63, 3.8) is 0 Å². The Bertz CT molecular complexity index is 98.6. The number of cyclic esters (lactones) is 2. The summed E-state index contributed by atoms with van der Waals surface area (Å²) in [7, 11) is 0. The number of hydrogen-bond acceptors (Lipinski definition) is 4. The van der Waals surface area contributed by atoms with E-state index in [4.69, 9.17) is 5.11 Å². The van der Waals surface area contributed by atoms with E-state index in [9.17, 15) is 4.79 Å². The summed E-state index contributed by atoms with van der Waals surface area (Å²) in [6.07, 6.45) is -2.41. The molecule has 0 saturated carbocycles. The minimum atomic E-state index is -1.08. The van der Waals surface area contributed by atoms with Crippen molar-refractivity contribution in [1.29, 1.82) is 0 Å². The molecule has 46 valence electrons. The SMILES string of the molecule is CC1OC(=O)OC1O. The van der Waals surface area contributed by atoms with Crippen molar-refractivity contribution in [1.82, 2.24) is 0 Å². The summed E-state index contributed by atoms with van der Waals surface area (Å²) in [6, 6.07) is 0. The Labute approximate surface area is 46.0 Å². The summed E-state index contributed by atoms with van der Waals surface area (Å²) in [5, 5.41) is 8.60. The van der Waals surface area contributed by atoms with E-state index in [0.717, 1.165) is 0 Å². The van der Waals surface area contributed by atoms with Crippen molar-refractivity contribution >= 4 is 6.16 Å². The Hall–Kier alpha value is -0.770. The van der Waals surface area contributed by atoms with E-state index >= 15 is 0 Å². The lowest BCUT2D eigenvalue weighted by atomic mass is 10.4. The van der Waals surface area contributed by atoms with Crippen molar-refractivity contribution < 1.29 is 19.4 Å². The van der Waals surface area contributed by atoms with E-state index in [1.165, 1.54) is 0 Å². The molecule has 1 aliphatic rings. The molecule has 0 aliphatic carbocycles. The van der Waals surface area contributed by atoms with Gasteiger partial charge in [-0.1, -0.05) is 0 Å². The first kappa shape index (κ1) is 5.37. The van der Waals surface area contributed by atoms with Gasteiger partial charge in [0.1, 0.15) is 0 Å². The highest BCUT2D eigenvalue weighted by molar-refractivity contribution is 5.62. The molecule has 0 aromatic heterocycles. The topological polar surface area (TPSA) is 55.8 Å². The zero-order valence-corrected chi connectivity index (χ0v) is 4.33. The molecule has 2 unspecified atom stereocenters. The van der Waals surface area contributed by atoms with Crippen LogP contribution in [0.4, 0.5) is 4.79 Å². The molecule has 1 N–H and O–H groups in total. The molecule has 1 saturated heterocycles. The number of hydrogen-bond donors (Lipinski definition) is 1. The van der Waals surface area contributed by atoms with Crippen LogP contribution in [0.3, 0.4) is 0 Å². The van der Waals surface area contributed by atoms with Gasteiger partial charge in [0, 0.05) is 0 Å². The molecule has 0 aromatic rings. The minimum Gasteiger partial charge on any atom is -0.425 e. The Morgan fingerprint density at radius 1 is 1.62 bits per heavy atom. The van der Waals surface area contributed by atoms with Gasteiger partial charge >= 0.3 is 6.16 Å². The van der Waals surface area contributed by atoms with Gasteiger partial charge in [0.05, 0.1) is 0 Å². The molecule has 0 radical (unpaired) electrons. The number of carbonyl (C=O) groups is 1. The monoisotopic (exact) mass is 118 g/mol. The second-order valence-electron chi connectivity index (χ2n) is 1.58. The minimum absolute atomic E-state index is 0.525. The fraction of sp³-hybridized carbons (Fsp3) is 0.750. The first-order chi connectivity index (χ1) is 3.70. The maximum Gasteiger partial charge on any atom is 0.511 e. The fourth-order valence-corrected chi connectivity index (χ4v) is 0.432. The van der Waals surface area contributed by atoms with Gasteiger partial charge in [-0.2, -0.15) is 0 Å². The summed E-state index contributed by atoms with van der Waals surface area (Å²) in [5.74, 6) is 0. The average molecular weight is 118 g/mol. The van der Waals surface area contributed by atoms with Gasteiger partial charge in [0.15, 0.2) is 6.10 Å². The van der Waals surface area contributed by atoms with E-state index in [1.54, 1.807) is 6.92 Å². The molecular weight excluding hydrogens is 112 g/mol. The third-order valence-corrected chi connectivity index (χ3v) is 0.901. The van der Waals surface area contributed by atoms with E-state index in [1.807, 2.05) is 0 Å². The molecule has 0 amide bonds. The largest absolute Gasteiger partial charge is 0.511 e. The molecular formula is C4H6O4. The Morgan fingerprint density at radius 3 is 2.38 bits per heavy atom. The molecule has 1 aliphatic heterocycles. The van der Waals surface area contributed by atoms with Crippen LogP contribution < -0.4 is 0 Å². The van der Waals surface area contributed by atoms with E-state index in [2.05, 4.69) is 9.47 Å². The third-order valence-electron chi connectivity index (χ3n) is 0.901. The van der Waals surface area contributed by atoms with Crippen LogP contribution in [0, 0.1) is 0 Å². The summed E-state index contributed by atoms with van der Waals surface area (Å²) < 4.78 is 8.53. The van der Waals surface area contributed by atoms with Gasteiger partial charge in [-0.25, -0.2) is 4.79 Å². The lowest BCUT2D eigenvalue weighted by molar-refractivity contribution is -0.0393. The van der Waals surface area contributed by atoms with Crippen LogP contribution >= 0.6 is 0 Å². The standard InChI is InChI=1S/C4H6O4/c1-2-3(5)8-4(6)7-2/h2-3,5H,1H3. The second-order valence-corrected chi connectivity index (χ2v) is 1.58. The number of aliphatic hydroxyl groups excluding tert-OH is 1. The van der Waals surface area contributed by atoms with Gasteiger partial charge in [0.2, 0.25) is 6.29 Å². The molecule has 0 aromatic carbocycles. The van der Waals surface area contributed by atoms with Crippen LogP contribution in [0.5, 0.6) is 0 Å². The maximum absolute atomic E-state index is 10.1. The molecule has 0 spiro atoms. The second kappa shape index (κ2) is 1.63. The van der Waals surface area contributed by atoms with Crippen molar-refractivity contribution in [3.8, 4) is 0 Å². The van der Waals surface area contributed by atoms with Gasteiger partial charge in [-0.15, -0.1) is 0 Å². The normalized spacial score (nSPS) is 36.5. The average Bonchev–Trinajstić information content (AvgIpc) is 1.85. The molecule has 1 fully saturated rings. The predicted octanol–water partition coefficient (Wildman–Crippen LogP) is -0.140. The van der Waals surface area contributed by atoms with Crippen molar-refractivity contribution in [2.24, 2.45) is 0 Å². The zero-order chi connectivity index (χ0) is 6.15. The highest BCUT2D eigenvalue weighted by Crippen LogP contribution is 2.10. The molecule has 1 heterocycles. The molecule has 4 nitrogen and oxygen atoms in total. The van der Waals surface area contributed by atoms with Crippen LogP contribution in [-0.4, -0.2) is 23.7 Å². The number of ether oxygens (including phenoxy) is 2. The van der Waals surface area contributed by atoms with Crippen molar-refractivity contribution in [2.45, 2.75) is 19.3 Å². The van der Waals surface area contributed by atoms with Crippen molar-refractivity contribution in [3.05, 3.63) is 0 Å². The Morgan fingerprint density at radius 2 is 2.25 bits per heavy atom. The quantitative estimate of drug-likeness (QED) is 0.450. The van der Waals surface area contributed by atoms with Crippen LogP contribution in [0.2, 0.25) is 0 Å². The first-order valence-electron chi connectivity index (χ1n) is 2.25. The smallest absolute Gasteiger partial charge is 0.425 e. The molecule has 2 atom stereocenters. The van der Waals surface area contributed by atoms with E-state index in [-0.39, 0.29) is 0 Å². The Kier molecular flexibility index (Phi) is 1.09. The molecule has 4 heteroatoms. The summed E-state index contributed by atoms with van der Waals surface area (Å²) in [6.45, 7) is 1.55. The summed E-state index contributed by atoms with van der Waals surface area (Å²) >= 11 is 0. The molecule has 1 rings (SSSR count). The van der Waals surface area contributed by atoms with Gasteiger partial charge in [-0.3, -0.25) is 0 Å². The van der Waals surface area contributed by atoms with Gasteiger partial charge in [-0.05, 0) is 6.92 Å². The lowest BCUT2D eigenvalue weighted by Gasteiger charge is -1.99. The first-order valence-corrected chi connectivity index (χ1v) is 2.25. The number of carbonyl (C=O) groups excluding carboxylic acids is 1. The van der Waals surface area contributed by atoms with Crippen molar-refractivity contribution in [2.75, 3.05) is 0 Å². The highest BCUT2D eigenvalue weighted by Gasteiger charge is 2.30. The van der Waals surface area contributed by atoms with Gasteiger partial charge < -0.3 is 14.6 Å². The van der Waals surface area contributed by atoms with Crippen LogP contribution in [0.25, 0.3) is 0 Å².